The van der Waals surface area contributed by atoms with E-state index in [0.717, 1.165) is 12.0 Å². The van der Waals surface area contributed by atoms with Crippen molar-refractivity contribution in [1.29, 1.82) is 0 Å². The molecular formula is C18H17FN2O3. The highest BCUT2D eigenvalue weighted by Gasteiger charge is 2.39. The second-order valence-electron chi connectivity index (χ2n) is 5.67. The molecule has 0 aliphatic heterocycles. The van der Waals surface area contributed by atoms with Crippen LogP contribution in [0.4, 0.5) is 14.9 Å². The number of methoxy groups -OCH3 is 1. The second kappa shape index (κ2) is 6.70. The van der Waals surface area contributed by atoms with E-state index in [1.54, 1.807) is 36.4 Å². The smallest absolute Gasteiger partial charge is 0.411 e. The number of hydrogen-bond donors (Lipinski definition) is 2. The first kappa shape index (κ1) is 16.0. The molecule has 24 heavy (non-hydrogen) atoms. The molecule has 2 aromatic carbocycles. The summed E-state index contributed by atoms with van der Waals surface area (Å²) in [5, 5.41) is 5.47. The van der Waals surface area contributed by atoms with Gasteiger partial charge in [-0.1, -0.05) is 18.2 Å². The van der Waals surface area contributed by atoms with Crippen LogP contribution < -0.4 is 10.6 Å². The Morgan fingerprint density at radius 1 is 1.17 bits per heavy atom. The molecule has 5 nitrogen and oxygen atoms in total. The van der Waals surface area contributed by atoms with Crippen molar-refractivity contribution in [3.8, 4) is 0 Å². The molecule has 3 rings (SSSR count). The Kier molecular flexibility index (Phi) is 4.46. The number of benzene rings is 2. The fourth-order valence-corrected chi connectivity index (χ4v) is 2.59. The molecule has 0 radical (unpaired) electrons. The molecular weight excluding hydrogens is 311 g/mol. The number of hydrogen-bond acceptors (Lipinski definition) is 3. The van der Waals surface area contributed by atoms with Gasteiger partial charge >= 0.3 is 6.09 Å². The summed E-state index contributed by atoms with van der Waals surface area (Å²) in [4.78, 5) is 23.5. The Morgan fingerprint density at radius 3 is 2.62 bits per heavy atom. The Balaban J connectivity index is 1.61. The van der Waals surface area contributed by atoms with Gasteiger partial charge in [0.1, 0.15) is 5.82 Å². The van der Waals surface area contributed by atoms with Gasteiger partial charge in [-0.15, -0.1) is 0 Å². The second-order valence-corrected chi connectivity index (χ2v) is 5.67. The Hall–Kier alpha value is -2.89. The lowest BCUT2D eigenvalue weighted by Gasteiger charge is -2.08. The molecule has 0 unspecified atom stereocenters. The minimum Gasteiger partial charge on any atom is -0.453 e. The number of rotatable bonds is 4. The molecule has 0 bridgehead atoms. The van der Waals surface area contributed by atoms with Gasteiger partial charge in [0.15, 0.2) is 0 Å². The highest BCUT2D eigenvalue weighted by atomic mass is 19.1. The van der Waals surface area contributed by atoms with E-state index in [0.29, 0.717) is 11.3 Å². The third-order valence-corrected chi connectivity index (χ3v) is 3.96. The molecule has 6 heteroatoms. The van der Waals surface area contributed by atoms with Crippen LogP contribution in [0, 0.1) is 5.82 Å². The van der Waals surface area contributed by atoms with E-state index in [4.69, 9.17) is 0 Å². The first-order valence-electron chi connectivity index (χ1n) is 7.58. The zero-order valence-electron chi connectivity index (χ0n) is 13.1. The quantitative estimate of drug-likeness (QED) is 0.905. The van der Waals surface area contributed by atoms with Gasteiger partial charge in [0, 0.05) is 23.2 Å². The number of nitrogens with one attached hydrogen (secondary N) is 2. The van der Waals surface area contributed by atoms with Crippen molar-refractivity contribution >= 4 is 17.7 Å². The van der Waals surface area contributed by atoms with Crippen LogP contribution in [0.3, 0.4) is 0 Å². The van der Waals surface area contributed by atoms with Crippen molar-refractivity contribution in [3.05, 3.63) is 65.5 Å². The third kappa shape index (κ3) is 3.71. The Morgan fingerprint density at radius 2 is 1.92 bits per heavy atom. The van der Waals surface area contributed by atoms with Crippen LogP contribution in [0.25, 0.3) is 0 Å². The lowest BCUT2D eigenvalue weighted by molar-refractivity contribution is 0.0950. The highest BCUT2D eigenvalue weighted by Crippen LogP contribution is 2.40. The van der Waals surface area contributed by atoms with Crippen molar-refractivity contribution in [1.82, 2.24) is 5.32 Å². The van der Waals surface area contributed by atoms with Crippen LogP contribution in [0.5, 0.6) is 0 Å². The maximum Gasteiger partial charge on any atom is 0.411 e. The topological polar surface area (TPSA) is 67.4 Å². The lowest BCUT2D eigenvalue weighted by atomic mass is 10.1. The molecule has 2 aromatic rings. The fraction of sp³-hybridized carbons (Fsp3) is 0.222. The van der Waals surface area contributed by atoms with E-state index >= 15 is 0 Å². The molecule has 0 aromatic heterocycles. The maximum atomic E-state index is 12.9. The van der Waals surface area contributed by atoms with Crippen LogP contribution in [0.2, 0.25) is 0 Å². The summed E-state index contributed by atoms with van der Waals surface area (Å²) in [5.41, 5.74) is 1.96. The maximum absolute atomic E-state index is 12.9. The van der Waals surface area contributed by atoms with Gasteiger partial charge in [0.25, 0.3) is 5.91 Å². The van der Waals surface area contributed by atoms with E-state index < -0.39 is 6.09 Å². The number of ether oxygens (including phenoxy) is 1. The molecule has 124 valence electrons. The molecule has 1 aliphatic carbocycles. The summed E-state index contributed by atoms with van der Waals surface area (Å²) < 4.78 is 17.5. The average Bonchev–Trinajstić information content (AvgIpc) is 3.34. The zero-order valence-corrected chi connectivity index (χ0v) is 13.1. The van der Waals surface area contributed by atoms with Crippen molar-refractivity contribution in [2.24, 2.45) is 0 Å². The van der Waals surface area contributed by atoms with Crippen molar-refractivity contribution < 1.29 is 18.7 Å². The van der Waals surface area contributed by atoms with Crippen molar-refractivity contribution in [2.45, 2.75) is 18.4 Å². The van der Waals surface area contributed by atoms with Gasteiger partial charge in [-0.3, -0.25) is 10.1 Å². The van der Waals surface area contributed by atoms with E-state index in [9.17, 15) is 14.0 Å². The summed E-state index contributed by atoms with van der Waals surface area (Å²) in [7, 11) is 1.27. The minimum absolute atomic E-state index is 0.0418. The normalized spacial score (nSPS) is 18.6. The number of carbonyl (C=O) groups excluding carboxylic acids is 2. The van der Waals surface area contributed by atoms with Gasteiger partial charge in [-0.25, -0.2) is 9.18 Å². The highest BCUT2D eigenvalue weighted by molar-refractivity contribution is 5.96. The first-order chi connectivity index (χ1) is 11.6. The van der Waals surface area contributed by atoms with Crippen LogP contribution >= 0.6 is 0 Å². The van der Waals surface area contributed by atoms with Gasteiger partial charge < -0.3 is 10.1 Å². The summed E-state index contributed by atoms with van der Waals surface area (Å²) in [6, 6.07) is 13.0. The zero-order chi connectivity index (χ0) is 17.1. The van der Waals surface area contributed by atoms with Gasteiger partial charge in [-0.2, -0.15) is 0 Å². The van der Waals surface area contributed by atoms with E-state index in [-0.39, 0.29) is 23.7 Å². The average molecular weight is 328 g/mol. The molecule has 1 aliphatic rings. The van der Waals surface area contributed by atoms with Gasteiger partial charge in [0.05, 0.1) is 7.11 Å². The number of amides is 2. The molecule has 1 saturated carbocycles. The van der Waals surface area contributed by atoms with Crippen molar-refractivity contribution in [3.63, 3.8) is 0 Å². The minimum atomic E-state index is -0.592. The molecule has 0 saturated heterocycles. The van der Waals surface area contributed by atoms with E-state index in [1.165, 1.54) is 19.2 Å². The predicted molar refractivity (Wildman–Crippen MR) is 87.5 cm³/mol. The lowest BCUT2D eigenvalue weighted by Crippen LogP contribution is -2.26. The fourth-order valence-electron chi connectivity index (χ4n) is 2.59. The molecule has 2 N–H and O–H groups in total. The van der Waals surface area contributed by atoms with Crippen LogP contribution in [0.1, 0.15) is 28.3 Å². The standard InChI is InChI=1S/C18H17FN2O3/c1-24-18(23)20-14-4-2-3-12(9-14)17(22)21-16-10-15(16)11-5-7-13(19)8-6-11/h2-9,15-16H,10H2,1H3,(H,20,23)(H,21,22)/t15-,16+/m1/s1. The number of halogens is 1. The van der Waals surface area contributed by atoms with Gasteiger partial charge in [-0.05, 0) is 42.3 Å². The van der Waals surface area contributed by atoms with Crippen LogP contribution in [-0.4, -0.2) is 25.2 Å². The monoisotopic (exact) mass is 328 g/mol. The van der Waals surface area contributed by atoms with E-state index in [1.807, 2.05) is 0 Å². The molecule has 2 amide bonds. The molecule has 1 fully saturated rings. The summed E-state index contributed by atoms with van der Waals surface area (Å²) >= 11 is 0. The Bertz CT molecular complexity index is 761. The van der Waals surface area contributed by atoms with Crippen LogP contribution in [-0.2, 0) is 4.74 Å². The first-order valence-corrected chi connectivity index (χ1v) is 7.58. The van der Waals surface area contributed by atoms with Gasteiger partial charge in [0.2, 0.25) is 0 Å². The Labute approximate surface area is 138 Å². The summed E-state index contributed by atoms with van der Waals surface area (Å²) in [6.45, 7) is 0. The molecule has 0 heterocycles. The SMILES string of the molecule is COC(=O)Nc1cccc(C(=O)N[C@H]2C[C@@H]2c2ccc(F)cc2)c1. The summed E-state index contributed by atoms with van der Waals surface area (Å²) in [5.74, 6) is -0.265. The predicted octanol–water partition coefficient (Wildman–Crippen LogP) is 3.29. The van der Waals surface area contributed by atoms with E-state index in [2.05, 4.69) is 15.4 Å². The third-order valence-electron chi connectivity index (χ3n) is 3.96. The molecule has 2 atom stereocenters. The summed E-state index contributed by atoms with van der Waals surface area (Å²) in [6.07, 6.45) is 0.239. The van der Waals surface area contributed by atoms with Crippen molar-refractivity contribution in [2.75, 3.05) is 12.4 Å². The number of carbonyl (C=O) groups is 2. The largest absolute Gasteiger partial charge is 0.453 e. The van der Waals surface area contributed by atoms with Crippen LogP contribution in [0.15, 0.2) is 48.5 Å². The number of anilines is 1. The molecule has 0 spiro atoms.